The summed E-state index contributed by atoms with van der Waals surface area (Å²) in [7, 11) is 0. The molecule has 0 radical (unpaired) electrons. The molecule has 0 spiro atoms. The van der Waals surface area contributed by atoms with Crippen LogP contribution in [0.2, 0.25) is 0 Å². The van der Waals surface area contributed by atoms with E-state index in [4.69, 9.17) is 9.97 Å². The lowest BCUT2D eigenvalue weighted by atomic mass is 10.0. The fourth-order valence-corrected chi connectivity index (χ4v) is 5.91. The second kappa shape index (κ2) is 10.3. The minimum absolute atomic E-state index is 0.208. The highest BCUT2D eigenvalue weighted by molar-refractivity contribution is 7.14. The van der Waals surface area contributed by atoms with Gasteiger partial charge in [0.2, 0.25) is 0 Å². The van der Waals surface area contributed by atoms with Crippen LogP contribution in [0.5, 0.6) is 5.75 Å². The van der Waals surface area contributed by atoms with Crippen molar-refractivity contribution in [1.29, 1.82) is 0 Å². The zero-order valence-electron chi connectivity index (χ0n) is 21.0. The van der Waals surface area contributed by atoms with Gasteiger partial charge in [0.05, 0.1) is 11.4 Å². The maximum atomic E-state index is 11.0. The summed E-state index contributed by atoms with van der Waals surface area (Å²) >= 11 is 3.07. The molecule has 2 aromatic heterocycles. The number of phenolic OH excluding ortho intramolecular Hbond substituents is 1. The molecule has 0 aliphatic carbocycles. The Morgan fingerprint density at radius 2 is 1.18 bits per heavy atom. The van der Waals surface area contributed by atoms with E-state index in [9.17, 15) is 5.11 Å². The average Bonchev–Trinajstić information content (AvgIpc) is 3.59. The first-order valence-electron chi connectivity index (χ1n) is 12.3. The molecule has 7 heteroatoms. The van der Waals surface area contributed by atoms with E-state index in [1.54, 1.807) is 6.07 Å². The lowest BCUT2D eigenvalue weighted by Gasteiger charge is -2.22. The average molecular weight is 535 g/mol. The number of aromatic hydroxyl groups is 1. The number of thiazole rings is 2. The van der Waals surface area contributed by atoms with Crippen LogP contribution in [-0.2, 0) is 0 Å². The predicted octanol–water partition coefficient (Wildman–Crippen LogP) is 8.63. The van der Waals surface area contributed by atoms with E-state index in [0.717, 1.165) is 49.1 Å². The van der Waals surface area contributed by atoms with Gasteiger partial charge in [0.1, 0.15) is 11.9 Å². The van der Waals surface area contributed by atoms with Crippen LogP contribution in [0.3, 0.4) is 0 Å². The monoisotopic (exact) mass is 534 g/mol. The first kappa shape index (κ1) is 24.2. The molecule has 0 aliphatic rings. The molecule has 0 atom stereocenters. The van der Waals surface area contributed by atoms with Gasteiger partial charge in [-0.2, -0.15) is 0 Å². The number of anilines is 2. The maximum absolute atomic E-state index is 11.0. The third kappa shape index (κ3) is 4.98. The molecule has 0 saturated heterocycles. The quantitative estimate of drug-likeness (QED) is 0.179. The summed E-state index contributed by atoms with van der Waals surface area (Å²) in [5, 5.41) is 25.7. The number of benzene rings is 4. The van der Waals surface area contributed by atoms with Gasteiger partial charge >= 0.3 is 0 Å². The zero-order chi connectivity index (χ0) is 26.1. The Morgan fingerprint density at radius 1 is 0.658 bits per heavy atom. The summed E-state index contributed by atoms with van der Waals surface area (Å²) < 4.78 is 0. The molecule has 0 amide bonds. The summed E-state index contributed by atoms with van der Waals surface area (Å²) in [5.74, 6) is 0.208. The van der Waals surface area contributed by atoms with E-state index in [1.165, 1.54) is 33.8 Å². The van der Waals surface area contributed by atoms with Crippen molar-refractivity contribution in [2.75, 3.05) is 10.6 Å². The molecule has 5 nitrogen and oxygen atoms in total. The highest BCUT2D eigenvalue weighted by Gasteiger charge is 2.21. The Labute approximate surface area is 229 Å². The minimum atomic E-state index is -0.463. The van der Waals surface area contributed by atoms with Crippen molar-refractivity contribution in [2.45, 2.75) is 20.0 Å². The fourth-order valence-electron chi connectivity index (χ4n) is 4.41. The molecule has 0 unspecified atom stereocenters. The third-order valence-electron chi connectivity index (χ3n) is 6.48. The Kier molecular flexibility index (Phi) is 6.54. The number of fused-ring (bicyclic) bond motifs is 1. The summed E-state index contributed by atoms with van der Waals surface area (Å²) in [5.41, 5.74) is 7.14. The minimum Gasteiger partial charge on any atom is -0.507 e. The van der Waals surface area contributed by atoms with Crippen molar-refractivity contribution < 1.29 is 5.11 Å². The Bertz CT molecular complexity index is 1620. The number of aromatic nitrogens is 2. The molecular formula is C31H26N4OS2. The topological polar surface area (TPSA) is 70.1 Å². The van der Waals surface area contributed by atoms with Crippen LogP contribution in [0.25, 0.3) is 33.3 Å². The van der Waals surface area contributed by atoms with Gasteiger partial charge in [-0.15, -0.1) is 22.7 Å². The van der Waals surface area contributed by atoms with E-state index in [-0.39, 0.29) is 5.75 Å². The smallest absolute Gasteiger partial charge is 0.185 e. The molecule has 2 heterocycles. The lowest BCUT2D eigenvalue weighted by Crippen LogP contribution is -2.20. The molecule has 3 N–H and O–H groups in total. The number of nitrogens with zero attached hydrogens (tertiary/aromatic N) is 2. The largest absolute Gasteiger partial charge is 0.507 e. The van der Waals surface area contributed by atoms with E-state index in [0.29, 0.717) is 0 Å². The number of nitrogens with one attached hydrogen (secondary N) is 2. The summed E-state index contributed by atoms with van der Waals surface area (Å²) in [6.07, 6.45) is -0.463. The van der Waals surface area contributed by atoms with E-state index in [2.05, 4.69) is 73.0 Å². The summed E-state index contributed by atoms with van der Waals surface area (Å²) in [6, 6.07) is 28.5. The Morgan fingerprint density at radius 3 is 1.74 bits per heavy atom. The van der Waals surface area contributed by atoms with E-state index >= 15 is 0 Å². The fraction of sp³-hybridized carbons (Fsp3) is 0.0968. The van der Waals surface area contributed by atoms with Crippen molar-refractivity contribution in [2.24, 2.45) is 0 Å². The Hall–Kier alpha value is -4.20. The number of hydrogen-bond donors (Lipinski definition) is 3. The molecule has 0 saturated carbocycles. The normalized spacial score (nSPS) is 11.2. The number of rotatable bonds is 7. The molecule has 4 aromatic carbocycles. The highest BCUT2D eigenvalue weighted by atomic mass is 32.1. The first-order valence-corrected chi connectivity index (χ1v) is 14.1. The predicted molar refractivity (Wildman–Crippen MR) is 160 cm³/mol. The van der Waals surface area contributed by atoms with Gasteiger partial charge in [-0.25, -0.2) is 9.97 Å². The number of hydrogen-bond acceptors (Lipinski definition) is 7. The van der Waals surface area contributed by atoms with E-state index < -0.39 is 6.17 Å². The molecule has 188 valence electrons. The van der Waals surface area contributed by atoms with Crippen LogP contribution in [0.15, 0.2) is 95.7 Å². The van der Waals surface area contributed by atoms with Gasteiger partial charge in [0, 0.05) is 27.5 Å². The van der Waals surface area contributed by atoms with Gasteiger partial charge < -0.3 is 15.7 Å². The zero-order valence-corrected chi connectivity index (χ0v) is 22.6. The van der Waals surface area contributed by atoms with E-state index in [1.807, 2.05) is 41.1 Å². The van der Waals surface area contributed by atoms with Crippen molar-refractivity contribution in [3.05, 3.63) is 112 Å². The third-order valence-corrected chi connectivity index (χ3v) is 8.02. The molecule has 6 aromatic rings. The molecule has 6 rings (SSSR count). The van der Waals surface area contributed by atoms with Crippen molar-refractivity contribution in [1.82, 2.24) is 9.97 Å². The van der Waals surface area contributed by atoms with Gasteiger partial charge in [-0.05, 0) is 30.7 Å². The number of aryl methyl sites for hydroxylation is 2. The van der Waals surface area contributed by atoms with Crippen LogP contribution in [0, 0.1) is 13.8 Å². The lowest BCUT2D eigenvalue weighted by molar-refractivity contribution is 0.467. The molecular weight excluding hydrogens is 509 g/mol. The molecule has 0 bridgehead atoms. The van der Waals surface area contributed by atoms with Crippen LogP contribution in [0.1, 0.15) is 22.9 Å². The number of phenols is 1. The first-order chi connectivity index (χ1) is 18.5. The SMILES string of the molecule is Cc1ccc(-c2csc(NC(Nc3nc(-c4ccc(C)cc4)cs3)c3c(O)ccc4ccccc34)n2)cc1. The molecule has 0 aliphatic heterocycles. The van der Waals surface area contributed by atoms with Crippen molar-refractivity contribution >= 4 is 43.7 Å². The molecule has 0 fully saturated rings. The van der Waals surface area contributed by atoms with Crippen LogP contribution in [-0.4, -0.2) is 15.1 Å². The van der Waals surface area contributed by atoms with Crippen molar-refractivity contribution in [3.8, 4) is 28.3 Å². The Balaban J connectivity index is 1.36. The van der Waals surface area contributed by atoms with Crippen LogP contribution < -0.4 is 10.6 Å². The van der Waals surface area contributed by atoms with Crippen LogP contribution >= 0.6 is 22.7 Å². The summed E-state index contributed by atoms with van der Waals surface area (Å²) in [4.78, 5) is 9.71. The highest BCUT2D eigenvalue weighted by Crippen LogP contribution is 2.37. The van der Waals surface area contributed by atoms with Crippen LogP contribution in [0.4, 0.5) is 10.3 Å². The maximum Gasteiger partial charge on any atom is 0.185 e. The van der Waals surface area contributed by atoms with Crippen molar-refractivity contribution in [3.63, 3.8) is 0 Å². The van der Waals surface area contributed by atoms with Gasteiger partial charge in [0.25, 0.3) is 0 Å². The second-order valence-electron chi connectivity index (χ2n) is 9.25. The van der Waals surface area contributed by atoms with Gasteiger partial charge in [0.15, 0.2) is 10.3 Å². The second-order valence-corrected chi connectivity index (χ2v) is 11.0. The van der Waals surface area contributed by atoms with Gasteiger partial charge in [-0.3, -0.25) is 0 Å². The summed E-state index contributed by atoms with van der Waals surface area (Å²) in [6.45, 7) is 4.15. The van der Waals surface area contributed by atoms with Gasteiger partial charge in [-0.1, -0.05) is 90.0 Å². The standard InChI is InChI=1S/C31H26N4OS2/c1-19-7-11-22(12-8-19)25-17-37-30(32-25)34-29(28-24-6-4-3-5-21(24)15-16-27(28)36)35-31-33-26(18-38-31)23-13-9-20(2)10-14-23/h3-18,29,36H,1-2H3,(H,32,34)(H,33,35). The molecule has 38 heavy (non-hydrogen) atoms.